The number of amides is 2. The third-order valence-electron chi connectivity index (χ3n) is 3.80. The van der Waals surface area contributed by atoms with Gasteiger partial charge in [-0.2, -0.15) is 0 Å². The number of ether oxygens (including phenoxy) is 3. The highest BCUT2D eigenvalue weighted by atomic mass is 16.7. The molecule has 0 radical (unpaired) electrons. The minimum atomic E-state index is -0.999. The Balaban J connectivity index is 2.23. The zero-order valence-corrected chi connectivity index (χ0v) is 17.2. The lowest BCUT2D eigenvalue weighted by atomic mass is 10.0. The number of alkyl carbamates (subject to hydrolysis) is 1. The van der Waals surface area contributed by atoms with Crippen molar-refractivity contribution in [1.29, 1.82) is 0 Å². The van der Waals surface area contributed by atoms with Crippen molar-refractivity contribution in [3.8, 4) is 5.75 Å². The molecule has 1 atom stereocenters. The summed E-state index contributed by atoms with van der Waals surface area (Å²) in [4.78, 5) is 25.3. The highest BCUT2D eigenvalue weighted by molar-refractivity contribution is 5.87. The van der Waals surface area contributed by atoms with Crippen LogP contribution in [0.15, 0.2) is 54.6 Å². The number of carbonyl (C=O) groups is 2. The van der Waals surface area contributed by atoms with Crippen LogP contribution in [-0.2, 0) is 20.8 Å². The first kappa shape index (κ1) is 22.2. The fourth-order valence-electron chi connectivity index (χ4n) is 2.57. The summed E-state index contributed by atoms with van der Waals surface area (Å²) in [5.74, 6) is 0.0541. The molecular weight excluding hydrogens is 372 g/mol. The van der Waals surface area contributed by atoms with Crippen molar-refractivity contribution in [3.05, 3.63) is 65.7 Å². The Kier molecular flexibility index (Phi) is 8.03. The summed E-state index contributed by atoms with van der Waals surface area (Å²) in [5.41, 5.74) is 0.753. The van der Waals surface area contributed by atoms with Gasteiger partial charge in [0.25, 0.3) is 0 Å². The molecule has 0 aromatic heterocycles. The molecule has 2 N–H and O–H groups in total. The van der Waals surface area contributed by atoms with Crippen molar-refractivity contribution < 1.29 is 23.8 Å². The van der Waals surface area contributed by atoms with Gasteiger partial charge in [0.2, 0.25) is 5.91 Å². The summed E-state index contributed by atoms with van der Waals surface area (Å²) in [7, 11) is 1.51. The quantitative estimate of drug-likeness (QED) is 0.662. The molecule has 2 amide bonds. The van der Waals surface area contributed by atoms with Crippen molar-refractivity contribution >= 4 is 12.0 Å². The third kappa shape index (κ3) is 7.46. The van der Waals surface area contributed by atoms with Gasteiger partial charge in [-0.05, 0) is 32.4 Å². The van der Waals surface area contributed by atoms with Crippen LogP contribution in [0, 0.1) is 0 Å². The Hall–Kier alpha value is -3.06. The van der Waals surface area contributed by atoms with Crippen molar-refractivity contribution in [1.82, 2.24) is 10.6 Å². The van der Waals surface area contributed by atoms with Crippen LogP contribution >= 0.6 is 0 Å². The predicted octanol–water partition coefficient (Wildman–Crippen LogP) is 3.55. The van der Waals surface area contributed by atoms with Crippen LogP contribution in [0.5, 0.6) is 5.75 Å². The van der Waals surface area contributed by atoms with Crippen molar-refractivity contribution in [2.45, 2.75) is 39.0 Å². The Bertz CT molecular complexity index is 802. The Morgan fingerprint density at radius 1 is 1.00 bits per heavy atom. The first-order chi connectivity index (χ1) is 13.8. The smallest absolute Gasteiger partial charge is 0.408 e. The van der Waals surface area contributed by atoms with Crippen LogP contribution < -0.4 is 15.4 Å². The van der Waals surface area contributed by atoms with Crippen LogP contribution in [0.3, 0.4) is 0 Å². The second kappa shape index (κ2) is 10.5. The van der Waals surface area contributed by atoms with E-state index in [4.69, 9.17) is 14.2 Å². The van der Waals surface area contributed by atoms with Gasteiger partial charge in [-0.25, -0.2) is 4.79 Å². The molecule has 0 heterocycles. The average molecular weight is 400 g/mol. The van der Waals surface area contributed by atoms with E-state index >= 15 is 0 Å². The summed E-state index contributed by atoms with van der Waals surface area (Å²) >= 11 is 0. The molecule has 0 bridgehead atoms. The maximum Gasteiger partial charge on any atom is 0.408 e. The van der Waals surface area contributed by atoms with E-state index in [1.165, 1.54) is 7.11 Å². The standard InChI is InChI=1S/C22H28N2O5/c1-22(2,3)29-21(26)24-19(17-12-8-9-13-18(17)28-15-27-4)20(25)23-14-16-10-6-5-7-11-16/h5-13,19H,14-15H2,1-4H3,(H,23,25)(H,24,26). The Morgan fingerprint density at radius 2 is 1.66 bits per heavy atom. The van der Waals surface area contributed by atoms with E-state index in [9.17, 15) is 9.59 Å². The van der Waals surface area contributed by atoms with Gasteiger partial charge in [-0.15, -0.1) is 0 Å². The van der Waals surface area contributed by atoms with Crippen molar-refractivity contribution in [2.24, 2.45) is 0 Å². The van der Waals surface area contributed by atoms with Crippen molar-refractivity contribution in [2.75, 3.05) is 13.9 Å². The number of para-hydroxylation sites is 1. The Labute approximate surface area is 171 Å². The lowest BCUT2D eigenvalue weighted by Crippen LogP contribution is -2.42. The van der Waals surface area contributed by atoms with E-state index in [1.54, 1.807) is 45.0 Å². The zero-order valence-electron chi connectivity index (χ0n) is 17.2. The van der Waals surface area contributed by atoms with Crippen LogP contribution in [0.4, 0.5) is 4.79 Å². The van der Waals surface area contributed by atoms with Gasteiger partial charge in [0.05, 0.1) is 0 Å². The molecule has 156 valence electrons. The van der Waals surface area contributed by atoms with E-state index in [0.29, 0.717) is 17.9 Å². The minimum Gasteiger partial charge on any atom is -0.467 e. The van der Waals surface area contributed by atoms with E-state index < -0.39 is 17.7 Å². The molecule has 2 rings (SSSR count). The van der Waals surface area contributed by atoms with E-state index in [2.05, 4.69) is 10.6 Å². The molecule has 0 aliphatic carbocycles. The lowest BCUT2D eigenvalue weighted by molar-refractivity contribution is -0.123. The topological polar surface area (TPSA) is 85.9 Å². The van der Waals surface area contributed by atoms with Crippen LogP contribution in [-0.4, -0.2) is 31.5 Å². The predicted molar refractivity (Wildman–Crippen MR) is 109 cm³/mol. The van der Waals surface area contributed by atoms with Crippen LogP contribution in [0.1, 0.15) is 37.9 Å². The number of nitrogens with one attached hydrogen (secondary N) is 2. The van der Waals surface area contributed by atoms with Gasteiger partial charge in [-0.3, -0.25) is 4.79 Å². The van der Waals surface area contributed by atoms with E-state index in [-0.39, 0.29) is 12.7 Å². The first-order valence-electron chi connectivity index (χ1n) is 9.32. The van der Waals surface area contributed by atoms with Crippen molar-refractivity contribution in [3.63, 3.8) is 0 Å². The molecule has 0 saturated carbocycles. The normalized spacial score (nSPS) is 12.0. The van der Waals surface area contributed by atoms with Gasteiger partial charge in [0.15, 0.2) is 6.79 Å². The first-order valence-corrected chi connectivity index (χ1v) is 9.32. The molecule has 1 unspecified atom stereocenters. The third-order valence-corrected chi connectivity index (χ3v) is 3.80. The molecule has 0 aliphatic heterocycles. The zero-order chi connectivity index (χ0) is 21.3. The Morgan fingerprint density at radius 3 is 2.31 bits per heavy atom. The van der Waals surface area contributed by atoms with Gasteiger partial charge in [-0.1, -0.05) is 48.5 Å². The maximum atomic E-state index is 13.0. The van der Waals surface area contributed by atoms with Gasteiger partial charge in [0.1, 0.15) is 17.4 Å². The number of methoxy groups -OCH3 is 1. The summed E-state index contributed by atoms with van der Waals surface area (Å²) in [6.07, 6.45) is -0.695. The molecule has 7 nitrogen and oxygen atoms in total. The SMILES string of the molecule is COCOc1ccccc1C(NC(=O)OC(C)(C)C)C(=O)NCc1ccccc1. The summed E-state index contributed by atoms with van der Waals surface area (Å²) in [5, 5.41) is 5.50. The number of carbonyl (C=O) groups excluding carboxylic acids is 2. The molecule has 2 aromatic carbocycles. The average Bonchev–Trinajstić information content (AvgIpc) is 2.68. The van der Waals surface area contributed by atoms with Crippen LogP contribution in [0.25, 0.3) is 0 Å². The number of rotatable bonds is 8. The fourth-order valence-corrected chi connectivity index (χ4v) is 2.57. The molecule has 0 spiro atoms. The highest BCUT2D eigenvalue weighted by Gasteiger charge is 2.28. The molecule has 0 saturated heterocycles. The number of hydrogen-bond donors (Lipinski definition) is 2. The van der Waals surface area contributed by atoms with Gasteiger partial charge >= 0.3 is 6.09 Å². The molecule has 0 fully saturated rings. The molecular formula is C22H28N2O5. The number of benzene rings is 2. The molecule has 29 heavy (non-hydrogen) atoms. The summed E-state index contributed by atoms with van der Waals surface area (Å²) in [6.45, 7) is 5.61. The van der Waals surface area contributed by atoms with Crippen LogP contribution in [0.2, 0.25) is 0 Å². The second-order valence-corrected chi connectivity index (χ2v) is 7.37. The van der Waals surface area contributed by atoms with Gasteiger partial charge in [0, 0.05) is 19.2 Å². The molecule has 2 aromatic rings. The highest BCUT2D eigenvalue weighted by Crippen LogP contribution is 2.26. The second-order valence-electron chi connectivity index (χ2n) is 7.37. The van der Waals surface area contributed by atoms with Gasteiger partial charge < -0.3 is 24.8 Å². The monoisotopic (exact) mass is 400 g/mol. The number of hydrogen-bond acceptors (Lipinski definition) is 5. The lowest BCUT2D eigenvalue weighted by Gasteiger charge is -2.24. The van der Waals surface area contributed by atoms with E-state index in [0.717, 1.165) is 5.56 Å². The minimum absolute atomic E-state index is 0.0157. The largest absolute Gasteiger partial charge is 0.467 e. The van der Waals surface area contributed by atoms with E-state index in [1.807, 2.05) is 30.3 Å². The summed E-state index contributed by atoms with van der Waals surface area (Å²) < 4.78 is 15.9. The maximum absolute atomic E-state index is 13.0. The molecule has 7 heteroatoms. The summed E-state index contributed by atoms with van der Waals surface area (Å²) in [6, 6.07) is 15.5. The molecule has 0 aliphatic rings. The fraction of sp³-hybridized carbons (Fsp3) is 0.364.